The molecule has 27 heavy (non-hydrogen) atoms. The molecule has 0 amide bonds. The Morgan fingerprint density at radius 3 is 2.11 bits per heavy atom. The van der Waals surface area contributed by atoms with E-state index in [4.69, 9.17) is 4.42 Å². The number of nitrogens with zero attached hydrogens (tertiary/aromatic N) is 1. The van der Waals surface area contributed by atoms with Gasteiger partial charge in [-0.2, -0.15) is 0 Å². The van der Waals surface area contributed by atoms with Gasteiger partial charge in [0, 0.05) is 29.1 Å². The van der Waals surface area contributed by atoms with Crippen LogP contribution in [0.5, 0.6) is 0 Å². The van der Waals surface area contributed by atoms with Gasteiger partial charge < -0.3 is 9.32 Å². The minimum atomic E-state index is 0.0360. The summed E-state index contributed by atoms with van der Waals surface area (Å²) in [5, 5.41) is 2.37. The summed E-state index contributed by atoms with van der Waals surface area (Å²) >= 11 is 0. The van der Waals surface area contributed by atoms with E-state index in [0.717, 1.165) is 23.3 Å². The third-order valence-corrected chi connectivity index (χ3v) is 5.41. The molecular formula is C25H27NO. The van der Waals surface area contributed by atoms with Crippen LogP contribution in [0.15, 0.2) is 65.1 Å². The Labute approximate surface area is 161 Å². The quantitative estimate of drug-likeness (QED) is 0.385. The zero-order valence-electron chi connectivity index (χ0n) is 16.8. The number of para-hydroxylation sites is 3. The first-order chi connectivity index (χ1) is 12.9. The van der Waals surface area contributed by atoms with Crippen LogP contribution in [0.2, 0.25) is 0 Å². The first-order valence-corrected chi connectivity index (χ1v) is 9.68. The summed E-state index contributed by atoms with van der Waals surface area (Å²) in [6.07, 6.45) is 1.00. The van der Waals surface area contributed by atoms with Gasteiger partial charge in [-0.05, 0) is 29.5 Å². The molecule has 0 aliphatic heterocycles. The lowest BCUT2D eigenvalue weighted by Crippen LogP contribution is -2.11. The van der Waals surface area contributed by atoms with E-state index >= 15 is 0 Å². The molecule has 0 spiro atoms. The van der Waals surface area contributed by atoms with Crippen LogP contribution in [-0.2, 0) is 11.8 Å². The molecule has 2 heteroatoms. The lowest BCUT2D eigenvalue weighted by molar-refractivity contribution is 0.573. The van der Waals surface area contributed by atoms with E-state index in [1.165, 1.54) is 27.6 Å². The molecular weight excluding hydrogens is 330 g/mol. The molecule has 0 aliphatic carbocycles. The van der Waals surface area contributed by atoms with Crippen molar-refractivity contribution < 1.29 is 4.42 Å². The van der Waals surface area contributed by atoms with Crippen LogP contribution in [0, 0.1) is 0 Å². The molecule has 0 saturated heterocycles. The molecule has 0 unspecified atom stereocenters. The number of rotatable bonds is 3. The SMILES string of the molecule is CCc1ccccc1N(C)c1cccc2c1oc1c(C(C)(C)C)cccc12. The number of anilines is 2. The minimum absolute atomic E-state index is 0.0360. The summed E-state index contributed by atoms with van der Waals surface area (Å²) in [7, 11) is 2.13. The van der Waals surface area contributed by atoms with Gasteiger partial charge in [0.1, 0.15) is 5.58 Å². The second kappa shape index (κ2) is 6.45. The maximum Gasteiger partial charge on any atom is 0.159 e. The van der Waals surface area contributed by atoms with Crippen LogP contribution in [-0.4, -0.2) is 7.05 Å². The topological polar surface area (TPSA) is 16.4 Å². The maximum absolute atomic E-state index is 6.52. The highest BCUT2D eigenvalue weighted by Gasteiger charge is 2.22. The van der Waals surface area contributed by atoms with Gasteiger partial charge in [0.05, 0.1) is 5.69 Å². The van der Waals surface area contributed by atoms with Crippen molar-refractivity contribution in [3.05, 3.63) is 71.8 Å². The Morgan fingerprint density at radius 2 is 1.41 bits per heavy atom. The first kappa shape index (κ1) is 17.7. The third-order valence-electron chi connectivity index (χ3n) is 5.41. The molecule has 2 nitrogen and oxygen atoms in total. The summed E-state index contributed by atoms with van der Waals surface area (Å²) in [6, 6.07) is 21.5. The highest BCUT2D eigenvalue weighted by atomic mass is 16.3. The molecule has 138 valence electrons. The fourth-order valence-electron chi connectivity index (χ4n) is 3.93. The molecule has 0 aliphatic rings. The summed E-state index contributed by atoms with van der Waals surface area (Å²) in [6.45, 7) is 8.91. The number of furan rings is 1. The van der Waals surface area contributed by atoms with Gasteiger partial charge in [-0.1, -0.05) is 76.2 Å². The number of benzene rings is 3. The molecule has 1 heterocycles. The molecule has 4 aromatic rings. The minimum Gasteiger partial charge on any atom is -0.454 e. The largest absolute Gasteiger partial charge is 0.454 e. The third kappa shape index (κ3) is 2.90. The monoisotopic (exact) mass is 357 g/mol. The van der Waals surface area contributed by atoms with Gasteiger partial charge in [-0.3, -0.25) is 0 Å². The Bertz CT molecular complexity index is 1110. The highest BCUT2D eigenvalue weighted by Crippen LogP contribution is 2.41. The van der Waals surface area contributed by atoms with E-state index in [9.17, 15) is 0 Å². The van der Waals surface area contributed by atoms with Crippen molar-refractivity contribution in [2.24, 2.45) is 0 Å². The van der Waals surface area contributed by atoms with Gasteiger partial charge in [0.25, 0.3) is 0 Å². The van der Waals surface area contributed by atoms with E-state index in [1.807, 2.05) is 0 Å². The number of hydrogen-bond donors (Lipinski definition) is 0. The van der Waals surface area contributed by atoms with Crippen LogP contribution in [0.3, 0.4) is 0 Å². The maximum atomic E-state index is 6.52. The second-order valence-electron chi connectivity index (χ2n) is 8.23. The summed E-state index contributed by atoms with van der Waals surface area (Å²) in [5.41, 5.74) is 6.91. The molecule has 0 bridgehead atoms. The van der Waals surface area contributed by atoms with Crippen molar-refractivity contribution in [1.29, 1.82) is 0 Å². The average molecular weight is 357 g/mol. The molecule has 0 saturated carbocycles. The molecule has 1 aromatic heterocycles. The smallest absolute Gasteiger partial charge is 0.159 e. The lowest BCUT2D eigenvalue weighted by Gasteiger charge is -2.22. The van der Waals surface area contributed by atoms with Crippen LogP contribution >= 0.6 is 0 Å². The molecule has 3 aromatic carbocycles. The number of fused-ring (bicyclic) bond motifs is 3. The van der Waals surface area contributed by atoms with Crippen LogP contribution in [0.1, 0.15) is 38.8 Å². The van der Waals surface area contributed by atoms with E-state index in [1.54, 1.807) is 0 Å². The fourth-order valence-corrected chi connectivity index (χ4v) is 3.93. The summed E-state index contributed by atoms with van der Waals surface area (Å²) in [5.74, 6) is 0. The van der Waals surface area contributed by atoms with Crippen molar-refractivity contribution in [3.8, 4) is 0 Å². The van der Waals surface area contributed by atoms with E-state index in [0.29, 0.717) is 0 Å². The molecule has 0 fully saturated rings. The van der Waals surface area contributed by atoms with Gasteiger partial charge in [-0.25, -0.2) is 0 Å². The highest BCUT2D eigenvalue weighted by molar-refractivity contribution is 6.10. The van der Waals surface area contributed by atoms with E-state index in [-0.39, 0.29) is 5.41 Å². The second-order valence-corrected chi connectivity index (χ2v) is 8.23. The first-order valence-electron chi connectivity index (χ1n) is 9.68. The normalized spacial score (nSPS) is 12.0. The predicted octanol–water partition coefficient (Wildman–Crippen LogP) is 7.21. The van der Waals surface area contributed by atoms with Crippen molar-refractivity contribution in [1.82, 2.24) is 0 Å². The van der Waals surface area contributed by atoms with Crippen molar-refractivity contribution in [2.75, 3.05) is 11.9 Å². The molecule has 0 N–H and O–H groups in total. The Morgan fingerprint density at radius 1 is 0.778 bits per heavy atom. The van der Waals surface area contributed by atoms with Crippen molar-refractivity contribution >= 4 is 33.3 Å². The molecule has 0 radical (unpaired) electrons. The van der Waals surface area contributed by atoms with E-state index in [2.05, 4.69) is 100 Å². The lowest BCUT2D eigenvalue weighted by atomic mass is 9.86. The zero-order valence-corrected chi connectivity index (χ0v) is 16.8. The van der Waals surface area contributed by atoms with Crippen molar-refractivity contribution in [3.63, 3.8) is 0 Å². The molecule has 4 rings (SSSR count). The van der Waals surface area contributed by atoms with Gasteiger partial charge in [-0.15, -0.1) is 0 Å². The predicted molar refractivity (Wildman–Crippen MR) is 116 cm³/mol. The Balaban J connectivity index is 1.98. The summed E-state index contributed by atoms with van der Waals surface area (Å²) in [4.78, 5) is 2.25. The Hall–Kier alpha value is -2.74. The van der Waals surface area contributed by atoms with Gasteiger partial charge in [0.2, 0.25) is 0 Å². The number of hydrogen-bond acceptors (Lipinski definition) is 2. The molecule has 0 atom stereocenters. The summed E-state index contributed by atoms with van der Waals surface area (Å²) < 4.78 is 6.52. The van der Waals surface area contributed by atoms with Crippen LogP contribution in [0.25, 0.3) is 21.9 Å². The Kier molecular flexibility index (Phi) is 4.22. The van der Waals surface area contributed by atoms with Crippen molar-refractivity contribution in [2.45, 2.75) is 39.5 Å². The van der Waals surface area contributed by atoms with Crippen LogP contribution in [0.4, 0.5) is 11.4 Å². The van der Waals surface area contributed by atoms with Crippen LogP contribution < -0.4 is 4.90 Å². The fraction of sp³-hybridized carbons (Fsp3) is 0.280. The van der Waals surface area contributed by atoms with Gasteiger partial charge >= 0.3 is 0 Å². The average Bonchev–Trinajstić information content (AvgIpc) is 3.05. The standard InChI is InChI=1S/C25H27NO/c1-6-17-11-7-8-15-21(17)26(5)22-16-10-13-19-18-12-9-14-20(25(2,3)4)23(18)27-24(19)22/h7-16H,6H2,1-5H3. The number of aryl methyl sites for hydroxylation is 1. The van der Waals surface area contributed by atoms with E-state index < -0.39 is 0 Å². The zero-order chi connectivity index (χ0) is 19.2. The van der Waals surface area contributed by atoms with Gasteiger partial charge in [0.15, 0.2) is 5.58 Å².